The van der Waals surface area contributed by atoms with Gasteiger partial charge in [0, 0.05) is 12.0 Å². The lowest BCUT2D eigenvalue weighted by Crippen LogP contribution is -2.21. The Morgan fingerprint density at radius 1 is 1.37 bits per heavy atom. The Labute approximate surface area is 158 Å². The Kier molecular flexibility index (Phi) is 8.04. The van der Waals surface area contributed by atoms with Gasteiger partial charge in [-0.05, 0) is 24.1 Å². The molecule has 0 radical (unpaired) electrons. The van der Waals surface area contributed by atoms with Crippen molar-refractivity contribution in [2.24, 2.45) is 10.9 Å². The highest BCUT2D eigenvalue weighted by molar-refractivity contribution is 6.13. The molecule has 0 spiro atoms. The van der Waals surface area contributed by atoms with E-state index in [2.05, 4.69) is 16.3 Å². The molecule has 0 saturated carbocycles. The summed E-state index contributed by atoms with van der Waals surface area (Å²) in [6.45, 7) is 8.90. The van der Waals surface area contributed by atoms with Crippen LogP contribution in [0, 0.1) is 17.2 Å². The van der Waals surface area contributed by atoms with Gasteiger partial charge in [-0.1, -0.05) is 45.6 Å². The first kappa shape index (κ1) is 22.2. The normalized spacial score (nSPS) is 13.8. The minimum absolute atomic E-state index is 0.00463. The summed E-state index contributed by atoms with van der Waals surface area (Å²) in [4.78, 5) is 14.4. The van der Waals surface area contributed by atoms with Crippen molar-refractivity contribution in [3.63, 3.8) is 0 Å². The van der Waals surface area contributed by atoms with Gasteiger partial charge in [0.1, 0.15) is 5.70 Å². The predicted molar refractivity (Wildman–Crippen MR) is 102 cm³/mol. The van der Waals surface area contributed by atoms with E-state index in [0.717, 1.165) is 0 Å². The van der Waals surface area contributed by atoms with Crippen LogP contribution in [0.1, 0.15) is 44.7 Å². The van der Waals surface area contributed by atoms with Gasteiger partial charge in [-0.3, -0.25) is 4.79 Å². The highest BCUT2D eigenvalue weighted by Gasteiger charge is 2.33. The first-order chi connectivity index (χ1) is 12.7. The summed E-state index contributed by atoms with van der Waals surface area (Å²) >= 11 is 0. The van der Waals surface area contributed by atoms with E-state index >= 15 is 0 Å². The van der Waals surface area contributed by atoms with Gasteiger partial charge in [0.15, 0.2) is 0 Å². The standard InChI is InChI=1S/C16H14F2N2.C5H10O2/c1-3-16(17,18)14-9-4-11(2)15(20-14)13-7-5-12(10-19)6-8-13;1-4(2)5(6)7-3/h5-9H,2-4H2,1H3;4H,1-3H3. The third-order valence-corrected chi connectivity index (χ3v) is 3.89. The summed E-state index contributed by atoms with van der Waals surface area (Å²) in [5.41, 5.74) is 2.19. The van der Waals surface area contributed by atoms with Crippen LogP contribution in [0.15, 0.2) is 53.2 Å². The highest BCUT2D eigenvalue weighted by Crippen LogP contribution is 2.33. The summed E-state index contributed by atoms with van der Waals surface area (Å²) in [5.74, 6) is -3.07. The van der Waals surface area contributed by atoms with E-state index in [-0.39, 0.29) is 24.0 Å². The highest BCUT2D eigenvalue weighted by atomic mass is 19.3. The molecule has 4 nitrogen and oxygen atoms in total. The fraction of sp³-hybridized carbons (Fsp3) is 0.381. The lowest BCUT2D eigenvalue weighted by molar-refractivity contribution is -0.144. The molecule has 1 aromatic carbocycles. The van der Waals surface area contributed by atoms with Gasteiger partial charge in [0.05, 0.1) is 30.4 Å². The first-order valence-electron chi connectivity index (χ1n) is 8.59. The number of hydrogen-bond donors (Lipinski definition) is 0. The van der Waals surface area contributed by atoms with E-state index in [4.69, 9.17) is 5.26 Å². The van der Waals surface area contributed by atoms with Crippen LogP contribution in [0.5, 0.6) is 0 Å². The second-order valence-electron chi connectivity index (χ2n) is 6.28. The number of ether oxygens (including phenoxy) is 1. The minimum atomic E-state index is -2.92. The molecule has 1 heterocycles. The number of carbonyl (C=O) groups is 1. The van der Waals surface area contributed by atoms with Gasteiger partial charge in [0.25, 0.3) is 5.92 Å². The summed E-state index contributed by atoms with van der Waals surface area (Å²) in [5, 5.41) is 8.77. The molecule has 6 heteroatoms. The zero-order valence-corrected chi connectivity index (χ0v) is 16.1. The molecule has 0 saturated heterocycles. The van der Waals surface area contributed by atoms with Crippen LogP contribution in [0.25, 0.3) is 0 Å². The average Bonchev–Trinajstić information content (AvgIpc) is 2.68. The number of benzene rings is 1. The van der Waals surface area contributed by atoms with Crippen LogP contribution >= 0.6 is 0 Å². The zero-order valence-electron chi connectivity index (χ0n) is 16.1. The number of rotatable bonds is 4. The minimum Gasteiger partial charge on any atom is -0.469 e. The maximum atomic E-state index is 13.7. The molecular weight excluding hydrogens is 350 g/mol. The van der Waals surface area contributed by atoms with Crippen LogP contribution in [0.3, 0.4) is 0 Å². The number of methoxy groups -OCH3 is 1. The molecule has 0 atom stereocenters. The van der Waals surface area contributed by atoms with Gasteiger partial charge in [-0.25, -0.2) is 4.99 Å². The van der Waals surface area contributed by atoms with Crippen LogP contribution in [-0.2, 0) is 9.53 Å². The maximum absolute atomic E-state index is 13.7. The lowest BCUT2D eigenvalue weighted by atomic mass is 9.96. The number of esters is 1. The van der Waals surface area contributed by atoms with Crippen molar-refractivity contribution in [2.45, 2.75) is 39.5 Å². The van der Waals surface area contributed by atoms with Crippen molar-refractivity contribution in [2.75, 3.05) is 7.11 Å². The smallest absolute Gasteiger partial charge is 0.308 e. The summed E-state index contributed by atoms with van der Waals surface area (Å²) < 4.78 is 31.8. The predicted octanol–water partition coefficient (Wildman–Crippen LogP) is 5.05. The third kappa shape index (κ3) is 6.14. The molecule has 0 bridgehead atoms. The van der Waals surface area contributed by atoms with Crippen molar-refractivity contribution in [1.82, 2.24) is 0 Å². The number of nitriles is 1. The Bertz CT molecular complexity index is 785. The van der Waals surface area contributed by atoms with E-state index in [0.29, 0.717) is 28.8 Å². The largest absolute Gasteiger partial charge is 0.469 e. The van der Waals surface area contributed by atoms with Gasteiger partial charge < -0.3 is 4.74 Å². The van der Waals surface area contributed by atoms with Crippen molar-refractivity contribution in [1.29, 1.82) is 5.26 Å². The fourth-order valence-electron chi connectivity index (χ4n) is 2.18. The van der Waals surface area contributed by atoms with Gasteiger partial charge in [-0.2, -0.15) is 14.0 Å². The van der Waals surface area contributed by atoms with E-state index in [1.807, 2.05) is 6.07 Å². The van der Waals surface area contributed by atoms with Crippen molar-refractivity contribution in [3.8, 4) is 6.07 Å². The van der Waals surface area contributed by atoms with E-state index in [9.17, 15) is 13.6 Å². The van der Waals surface area contributed by atoms with Gasteiger partial charge in [0.2, 0.25) is 0 Å². The van der Waals surface area contributed by atoms with Crippen LogP contribution in [0.4, 0.5) is 8.78 Å². The number of aliphatic imine (C=N–C) groups is 1. The number of hydrogen-bond acceptors (Lipinski definition) is 4. The molecule has 144 valence electrons. The molecule has 27 heavy (non-hydrogen) atoms. The zero-order chi connectivity index (χ0) is 20.6. The number of nitrogens with zero attached hydrogens (tertiary/aromatic N) is 2. The molecule has 0 aliphatic carbocycles. The van der Waals surface area contributed by atoms with Crippen LogP contribution < -0.4 is 0 Å². The fourth-order valence-corrected chi connectivity index (χ4v) is 2.18. The molecule has 0 N–H and O–H groups in total. The quantitative estimate of drug-likeness (QED) is 0.693. The maximum Gasteiger partial charge on any atom is 0.308 e. The monoisotopic (exact) mass is 374 g/mol. The Hall–Kier alpha value is -2.81. The molecule has 1 aliphatic rings. The second-order valence-corrected chi connectivity index (χ2v) is 6.28. The third-order valence-electron chi connectivity index (χ3n) is 3.89. The van der Waals surface area contributed by atoms with Crippen molar-refractivity contribution in [3.05, 3.63) is 59.3 Å². The molecule has 2 rings (SSSR count). The molecule has 1 aliphatic heterocycles. The van der Waals surface area contributed by atoms with Gasteiger partial charge in [-0.15, -0.1) is 0 Å². The summed E-state index contributed by atoms with van der Waals surface area (Å²) in [6.07, 6.45) is 1.51. The molecule has 0 fully saturated rings. The Balaban J connectivity index is 0.000000445. The van der Waals surface area contributed by atoms with Crippen LogP contribution in [-0.4, -0.2) is 24.7 Å². The summed E-state index contributed by atoms with van der Waals surface area (Å²) in [7, 11) is 1.39. The number of halogens is 2. The molecule has 1 aromatic rings. The number of carbonyl (C=O) groups excluding carboxylic acids is 1. The Morgan fingerprint density at radius 2 is 1.96 bits per heavy atom. The molecular formula is C21H24F2N2O2. The van der Waals surface area contributed by atoms with Gasteiger partial charge >= 0.3 is 5.97 Å². The molecule has 0 aromatic heterocycles. The van der Waals surface area contributed by atoms with E-state index in [1.54, 1.807) is 38.1 Å². The van der Waals surface area contributed by atoms with E-state index < -0.39 is 5.92 Å². The lowest BCUT2D eigenvalue weighted by Gasteiger charge is -2.21. The summed E-state index contributed by atoms with van der Waals surface area (Å²) in [6, 6.07) is 8.70. The topological polar surface area (TPSA) is 62.4 Å². The first-order valence-corrected chi connectivity index (χ1v) is 8.59. The molecule has 0 unspecified atom stereocenters. The van der Waals surface area contributed by atoms with Crippen LogP contribution in [0.2, 0.25) is 0 Å². The van der Waals surface area contributed by atoms with Crippen molar-refractivity contribution >= 4 is 11.7 Å². The SMILES string of the molecule is C=C1CC=C(C(F)(F)CC)N=C1c1ccc(C#N)cc1.COC(=O)C(C)C. The molecule has 0 amide bonds. The number of allylic oxidation sites excluding steroid dienone is 3. The van der Waals surface area contributed by atoms with E-state index in [1.165, 1.54) is 20.1 Å². The second kappa shape index (κ2) is 9.77. The number of alkyl halides is 2. The van der Waals surface area contributed by atoms with Crippen molar-refractivity contribution < 1.29 is 18.3 Å². The Morgan fingerprint density at radius 3 is 2.37 bits per heavy atom. The average molecular weight is 374 g/mol.